The van der Waals surface area contributed by atoms with Crippen molar-refractivity contribution in [3.05, 3.63) is 57.6 Å². The molecule has 0 fully saturated rings. The Balaban J connectivity index is 2.60. The highest BCUT2D eigenvalue weighted by atomic mass is 79.9. The lowest BCUT2D eigenvalue weighted by atomic mass is 10.0. The fourth-order valence-electron chi connectivity index (χ4n) is 1.78. The molecule has 2 aromatic rings. The van der Waals surface area contributed by atoms with Crippen LogP contribution in [0.5, 0.6) is 5.75 Å². The van der Waals surface area contributed by atoms with Gasteiger partial charge in [0.1, 0.15) is 11.6 Å². The van der Waals surface area contributed by atoms with Gasteiger partial charge in [0.25, 0.3) is 0 Å². The number of ketones is 1. The number of methoxy groups -OCH3 is 1. The fourth-order valence-corrected chi connectivity index (χ4v) is 2.14. The molecule has 20 heavy (non-hydrogen) atoms. The Labute approximate surface area is 122 Å². The molecule has 0 aromatic heterocycles. The van der Waals surface area contributed by atoms with E-state index in [-0.39, 0.29) is 11.3 Å². The molecule has 0 aliphatic carbocycles. The van der Waals surface area contributed by atoms with E-state index in [1.54, 1.807) is 12.1 Å². The normalized spacial score (nSPS) is 10.4. The van der Waals surface area contributed by atoms with Crippen LogP contribution in [0.3, 0.4) is 0 Å². The summed E-state index contributed by atoms with van der Waals surface area (Å²) in [5, 5.41) is 0. The van der Waals surface area contributed by atoms with Gasteiger partial charge in [-0.2, -0.15) is 0 Å². The molecule has 0 bridgehead atoms. The molecule has 0 atom stereocenters. The predicted molar refractivity (Wildman–Crippen MR) is 74.9 cm³/mol. The van der Waals surface area contributed by atoms with Crippen LogP contribution in [0, 0.1) is 11.6 Å². The second-order valence-electron chi connectivity index (χ2n) is 4.03. The summed E-state index contributed by atoms with van der Waals surface area (Å²) in [6.45, 7) is 0. The van der Waals surface area contributed by atoms with Gasteiger partial charge in [-0.25, -0.2) is 8.78 Å². The van der Waals surface area contributed by atoms with E-state index in [9.17, 15) is 13.6 Å². The largest absolute Gasteiger partial charge is 0.496 e. The van der Waals surface area contributed by atoms with Crippen LogP contribution in [0.25, 0.3) is 0 Å². The SMILES string of the molecule is COc1ccc(Br)cc1C(=O)c1cc(F)cc(N)c1F. The molecule has 0 saturated carbocycles. The maximum atomic E-state index is 13.9. The van der Waals surface area contributed by atoms with Gasteiger partial charge < -0.3 is 10.5 Å². The maximum Gasteiger partial charge on any atom is 0.199 e. The highest BCUT2D eigenvalue weighted by molar-refractivity contribution is 9.10. The Hall–Kier alpha value is -1.95. The van der Waals surface area contributed by atoms with Crippen molar-refractivity contribution in [3.8, 4) is 5.75 Å². The number of nitrogen functional groups attached to an aromatic ring is 1. The summed E-state index contributed by atoms with van der Waals surface area (Å²) in [6, 6.07) is 6.34. The first-order valence-electron chi connectivity index (χ1n) is 5.56. The van der Waals surface area contributed by atoms with E-state index >= 15 is 0 Å². The third-order valence-corrected chi connectivity index (χ3v) is 3.21. The lowest BCUT2D eigenvalue weighted by molar-refractivity contribution is 0.103. The Morgan fingerprint density at radius 3 is 2.55 bits per heavy atom. The van der Waals surface area contributed by atoms with Crippen molar-refractivity contribution in [1.82, 2.24) is 0 Å². The van der Waals surface area contributed by atoms with Gasteiger partial charge in [0.2, 0.25) is 0 Å². The molecule has 104 valence electrons. The molecule has 2 rings (SSSR count). The average Bonchev–Trinajstić information content (AvgIpc) is 2.42. The molecule has 2 N–H and O–H groups in total. The monoisotopic (exact) mass is 341 g/mol. The first-order valence-corrected chi connectivity index (χ1v) is 6.36. The zero-order valence-corrected chi connectivity index (χ0v) is 12.0. The fraction of sp³-hybridized carbons (Fsp3) is 0.0714. The van der Waals surface area contributed by atoms with Crippen molar-refractivity contribution in [2.24, 2.45) is 0 Å². The summed E-state index contributed by atoms with van der Waals surface area (Å²) in [5.74, 6) is -2.16. The molecule has 0 aliphatic heterocycles. The van der Waals surface area contributed by atoms with E-state index in [1.807, 2.05) is 0 Å². The summed E-state index contributed by atoms with van der Waals surface area (Å²) in [6.07, 6.45) is 0. The predicted octanol–water partition coefficient (Wildman–Crippen LogP) is 3.55. The van der Waals surface area contributed by atoms with Gasteiger partial charge in [0.15, 0.2) is 11.6 Å². The number of hydrogen-bond donors (Lipinski definition) is 1. The number of hydrogen-bond acceptors (Lipinski definition) is 3. The second-order valence-corrected chi connectivity index (χ2v) is 4.95. The van der Waals surface area contributed by atoms with Crippen LogP contribution < -0.4 is 10.5 Å². The minimum absolute atomic E-state index is 0.116. The molecule has 0 amide bonds. The molecule has 0 aliphatic rings. The van der Waals surface area contributed by atoms with E-state index in [0.29, 0.717) is 4.47 Å². The molecule has 3 nitrogen and oxygen atoms in total. The third kappa shape index (κ3) is 2.65. The van der Waals surface area contributed by atoms with E-state index in [2.05, 4.69) is 15.9 Å². The van der Waals surface area contributed by atoms with Crippen LogP contribution in [0.1, 0.15) is 15.9 Å². The van der Waals surface area contributed by atoms with E-state index < -0.39 is 28.7 Å². The Kier molecular flexibility index (Phi) is 4.04. The Bertz CT molecular complexity index is 689. The lowest BCUT2D eigenvalue weighted by Crippen LogP contribution is -2.09. The number of benzene rings is 2. The lowest BCUT2D eigenvalue weighted by Gasteiger charge is -2.10. The molecule has 6 heteroatoms. The second kappa shape index (κ2) is 5.58. The van der Waals surface area contributed by atoms with Crippen molar-refractivity contribution in [2.75, 3.05) is 12.8 Å². The summed E-state index contributed by atoms with van der Waals surface area (Å²) in [5.41, 5.74) is 4.60. The molecule has 0 heterocycles. The van der Waals surface area contributed by atoms with Crippen LogP contribution in [0.4, 0.5) is 14.5 Å². The zero-order valence-electron chi connectivity index (χ0n) is 10.4. The van der Waals surface area contributed by atoms with Gasteiger partial charge >= 0.3 is 0 Å². The number of halogens is 3. The number of ether oxygens (including phenoxy) is 1. The molecule has 0 saturated heterocycles. The van der Waals surface area contributed by atoms with E-state index in [1.165, 1.54) is 13.2 Å². The van der Waals surface area contributed by atoms with E-state index in [4.69, 9.17) is 10.5 Å². The number of anilines is 1. The summed E-state index contributed by atoms with van der Waals surface area (Å²) >= 11 is 3.21. The number of rotatable bonds is 3. The third-order valence-electron chi connectivity index (χ3n) is 2.72. The molecular weight excluding hydrogens is 332 g/mol. The average molecular weight is 342 g/mol. The standard InChI is InChI=1S/C14H10BrF2NO2/c1-20-12-3-2-7(15)4-9(12)14(19)10-5-8(16)6-11(18)13(10)17/h2-6H,18H2,1H3. The van der Waals surface area contributed by atoms with Crippen molar-refractivity contribution in [2.45, 2.75) is 0 Å². The van der Waals surface area contributed by atoms with Gasteiger partial charge in [-0.15, -0.1) is 0 Å². The van der Waals surface area contributed by atoms with E-state index in [0.717, 1.165) is 12.1 Å². The highest BCUT2D eigenvalue weighted by Gasteiger charge is 2.21. The highest BCUT2D eigenvalue weighted by Crippen LogP contribution is 2.28. The number of nitrogens with two attached hydrogens (primary N) is 1. The Morgan fingerprint density at radius 2 is 1.90 bits per heavy atom. The van der Waals surface area contributed by atoms with Gasteiger partial charge in [-0.3, -0.25) is 4.79 Å². The first kappa shape index (κ1) is 14.5. The van der Waals surface area contributed by atoms with Crippen LogP contribution in [-0.2, 0) is 0 Å². The molecule has 0 unspecified atom stereocenters. The number of carbonyl (C=O) groups is 1. The topological polar surface area (TPSA) is 52.3 Å². The van der Waals surface area contributed by atoms with Crippen molar-refractivity contribution in [3.63, 3.8) is 0 Å². The van der Waals surface area contributed by atoms with Crippen molar-refractivity contribution >= 4 is 27.4 Å². The van der Waals surface area contributed by atoms with Crippen LogP contribution in [0.15, 0.2) is 34.8 Å². The maximum absolute atomic E-state index is 13.9. The van der Waals surface area contributed by atoms with Crippen LogP contribution in [0.2, 0.25) is 0 Å². The zero-order chi connectivity index (χ0) is 14.9. The quantitative estimate of drug-likeness (QED) is 0.686. The Morgan fingerprint density at radius 1 is 1.20 bits per heavy atom. The summed E-state index contributed by atoms with van der Waals surface area (Å²) < 4.78 is 32.9. The van der Waals surface area contributed by atoms with Gasteiger partial charge in [-0.1, -0.05) is 15.9 Å². The van der Waals surface area contributed by atoms with Gasteiger partial charge in [-0.05, 0) is 30.3 Å². The minimum atomic E-state index is -0.946. The summed E-state index contributed by atoms with van der Waals surface area (Å²) in [7, 11) is 1.39. The van der Waals surface area contributed by atoms with Gasteiger partial charge in [0, 0.05) is 4.47 Å². The molecule has 0 spiro atoms. The molecule has 2 aromatic carbocycles. The smallest absolute Gasteiger partial charge is 0.199 e. The number of carbonyl (C=O) groups excluding carboxylic acids is 1. The van der Waals surface area contributed by atoms with Crippen molar-refractivity contribution < 1.29 is 18.3 Å². The minimum Gasteiger partial charge on any atom is -0.496 e. The molecule has 0 radical (unpaired) electrons. The summed E-state index contributed by atoms with van der Waals surface area (Å²) in [4.78, 5) is 12.3. The van der Waals surface area contributed by atoms with Crippen LogP contribution in [-0.4, -0.2) is 12.9 Å². The van der Waals surface area contributed by atoms with Crippen molar-refractivity contribution in [1.29, 1.82) is 0 Å². The van der Waals surface area contributed by atoms with Gasteiger partial charge in [0.05, 0.1) is 23.9 Å². The molecular formula is C14H10BrF2NO2. The van der Waals surface area contributed by atoms with Crippen LogP contribution >= 0.6 is 15.9 Å². The first-order chi connectivity index (χ1) is 9.43.